The lowest BCUT2D eigenvalue weighted by Gasteiger charge is -2.34. The summed E-state index contributed by atoms with van der Waals surface area (Å²) in [6, 6.07) is -2.25. The van der Waals surface area contributed by atoms with E-state index in [9.17, 15) is 19.2 Å². The minimum Gasteiger partial charge on any atom is -0.481 e. The SMILES string of the molecule is C[C@@H](NC(=O)[C@@H](N)CC(=O)O)C(=O)NC(=O)C1C(C)(C)CCC1(C)C. The number of nitrogens with one attached hydrogen (secondary N) is 2. The van der Waals surface area contributed by atoms with Crippen LogP contribution >= 0.6 is 0 Å². The van der Waals surface area contributed by atoms with Crippen molar-refractivity contribution in [2.24, 2.45) is 22.5 Å². The molecule has 1 aliphatic rings. The van der Waals surface area contributed by atoms with Gasteiger partial charge in [0.15, 0.2) is 0 Å². The fourth-order valence-corrected chi connectivity index (χ4v) is 3.67. The molecule has 0 aliphatic heterocycles. The summed E-state index contributed by atoms with van der Waals surface area (Å²) in [7, 11) is 0. The van der Waals surface area contributed by atoms with E-state index in [0.29, 0.717) is 0 Å². The third-order valence-electron chi connectivity index (χ3n) is 4.97. The van der Waals surface area contributed by atoms with Gasteiger partial charge >= 0.3 is 5.97 Å². The lowest BCUT2D eigenvalue weighted by atomic mass is 9.72. The van der Waals surface area contributed by atoms with E-state index < -0.39 is 36.3 Å². The molecule has 0 unspecified atom stereocenters. The first-order chi connectivity index (χ1) is 11.3. The molecule has 25 heavy (non-hydrogen) atoms. The van der Waals surface area contributed by atoms with Gasteiger partial charge in [0.2, 0.25) is 17.7 Å². The molecule has 0 bridgehead atoms. The molecule has 0 aromatic carbocycles. The van der Waals surface area contributed by atoms with Crippen LogP contribution in [-0.2, 0) is 19.2 Å². The molecule has 0 aromatic heterocycles. The van der Waals surface area contributed by atoms with E-state index >= 15 is 0 Å². The van der Waals surface area contributed by atoms with Gasteiger partial charge < -0.3 is 16.2 Å². The zero-order valence-electron chi connectivity index (χ0n) is 15.5. The summed E-state index contributed by atoms with van der Waals surface area (Å²) >= 11 is 0. The molecule has 3 amide bonds. The predicted molar refractivity (Wildman–Crippen MR) is 91.3 cm³/mol. The molecule has 0 saturated heterocycles. The number of amides is 3. The number of hydrogen-bond acceptors (Lipinski definition) is 5. The van der Waals surface area contributed by atoms with Gasteiger partial charge in [0.1, 0.15) is 6.04 Å². The maximum Gasteiger partial charge on any atom is 0.305 e. The third kappa shape index (κ3) is 5.26. The molecule has 8 nitrogen and oxygen atoms in total. The normalized spacial score (nSPS) is 21.2. The van der Waals surface area contributed by atoms with Crippen LogP contribution < -0.4 is 16.4 Å². The van der Waals surface area contributed by atoms with Crippen LogP contribution in [0.25, 0.3) is 0 Å². The zero-order chi connectivity index (χ0) is 19.6. The van der Waals surface area contributed by atoms with Gasteiger partial charge in [0.25, 0.3) is 0 Å². The first-order valence-corrected chi connectivity index (χ1v) is 8.40. The number of aliphatic carboxylic acids is 1. The second-order valence-corrected chi connectivity index (χ2v) is 8.20. The first-order valence-electron chi connectivity index (χ1n) is 8.40. The number of imide groups is 1. The van der Waals surface area contributed by atoms with Crippen LogP contribution in [0, 0.1) is 16.7 Å². The van der Waals surface area contributed by atoms with Crippen LogP contribution in [0.5, 0.6) is 0 Å². The van der Waals surface area contributed by atoms with Crippen molar-refractivity contribution in [1.82, 2.24) is 10.6 Å². The van der Waals surface area contributed by atoms with Crippen molar-refractivity contribution in [2.45, 2.75) is 66.0 Å². The highest BCUT2D eigenvalue weighted by Gasteiger charge is 2.51. The highest BCUT2D eigenvalue weighted by molar-refractivity contribution is 6.01. The average Bonchev–Trinajstić information content (AvgIpc) is 2.66. The van der Waals surface area contributed by atoms with E-state index in [2.05, 4.69) is 10.6 Å². The van der Waals surface area contributed by atoms with E-state index in [1.54, 1.807) is 0 Å². The fraction of sp³-hybridized carbons (Fsp3) is 0.765. The number of nitrogens with two attached hydrogens (primary N) is 1. The summed E-state index contributed by atoms with van der Waals surface area (Å²) < 4.78 is 0. The Morgan fingerprint density at radius 1 is 1.08 bits per heavy atom. The molecule has 1 fully saturated rings. The van der Waals surface area contributed by atoms with E-state index in [1.165, 1.54) is 6.92 Å². The average molecular weight is 355 g/mol. The first kappa shape index (κ1) is 21.1. The van der Waals surface area contributed by atoms with Crippen LogP contribution in [0.3, 0.4) is 0 Å². The molecule has 0 heterocycles. The fourth-order valence-electron chi connectivity index (χ4n) is 3.67. The van der Waals surface area contributed by atoms with Gasteiger partial charge in [-0.2, -0.15) is 0 Å². The van der Waals surface area contributed by atoms with Crippen molar-refractivity contribution in [3.63, 3.8) is 0 Å². The highest BCUT2D eigenvalue weighted by Crippen LogP contribution is 2.53. The smallest absolute Gasteiger partial charge is 0.305 e. The minimum atomic E-state index is -1.25. The molecule has 0 spiro atoms. The number of hydrogen-bond donors (Lipinski definition) is 4. The Balaban J connectivity index is 2.67. The van der Waals surface area contributed by atoms with Crippen molar-refractivity contribution >= 4 is 23.7 Å². The standard InChI is InChI=1S/C17H29N3O5/c1-9(19-14(24)10(18)8-11(21)22)13(23)20-15(25)12-16(2,3)6-7-17(12,4)5/h9-10,12H,6-8,18H2,1-5H3,(H,19,24)(H,21,22)(H,20,23,25)/t9-,10+/m1/s1. The third-order valence-corrected chi connectivity index (χ3v) is 4.97. The van der Waals surface area contributed by atoms with Crippen molar-refractivity contribution < 1.29 is 24.3 Å². The van der Waals surface area contributed by atoms with Crippen LogP contribution in [0.4, 0.5) is 0 Å². The largest absolute Gasteiger partial charge is 0.481 e. The summed E-state index contributed by atoms with van der Waals surface area (Å²) in [6.45, 7) is 9.44. The maximum absolute atomic E-state index is 12.6. The van der Waals surface area contributed by atoms with E-state index in [1.807, 2.05) is 27.7 Å². The van der Waals surface area contributed by atoms with Gasteiger partial charge in [0.05, 0.1) is 12.5 Å². The zero-order valence-corrected chi connectivity index (χ0v) is 15.5. The Morgan fingerprint density at radius 3 is 2.00 bits per heavy atom. The van der Waals surface area contributed by atoms with Crippen molar-refractivity contribution in [3.8, 4) is 0 Å². The van der Waals surface area contributed by atoms with Crippen LogP contribution in [0.15, 0.2) is 0 Å². The Morgan fingerprint density at radius 2 is 1.56 bits per heavy atom. The monoisotopic (exact) mass is 355 g/mol. The lowest BCUT2D eigenvalue weighted by Crippen LogP contribution is -2.53. The summed E-state index contributed by atoms with van der Waals surface area (Å²) in [6.07, 6.45) is 1.24. The van der Waals surface area contributed by atoms with E-state index in [4.69, 9.17) is 10.8 Å². The summed E-state index contributed by atoms with van der Waals surface area (Å²) in [4.78, 5) is 47.2. The minimum absolute atomic E-state index is 0.218. The predicted octanol–water partition coefficient (Wildman–Crippen LogP) is 0.398. The molecule has 1 rings (SSSR count). The molecule has 0 aromatic rings. The van der Waals surface area contributed by atoms with Gasteiger partial charge in [-0.3, -0.25) is 24.5 Å². The Hall–Kier alpha value is -1.96. The van der Waals surface area contributed by atoms with Gasteiger partial charge in [-0.05, 0) is 30.6 Å². The summed E-state index contributed by atoms with van der Waals surface area (Å²) in [5.74, 6) is -3.27. The van der Waals surface area contributed by atoms with Crippen LogP contribution in [0.2, 0.25) is 0 Å². The molecule has 8 heteroatoms. The molecular weight excluding hydrogens is 326 g/mol. The Kier molecular flexibility index (Phi) is 6.33. The maximum atomic E-state index is 12.6. The summed E-state index contributed by atoms with van der Waals surface area (Å²) in [5, 5.41) is 13.3. The molecule has 2 atom stereocenters. The quantitative estimate of drug-likeness (QED) is 0.544. The van der Waals surface area contributed by atoms with Gasteiger partial charge in [-0.1, -0.05) is 27.7 Å². The number of carboxylic acid groups (broad SMARTS) is 1. The molecular formula is C17H29N3O5. The molecule has 0 radical (unpaired) electrons. The second-order valence-electron chi connectivity index (χ2n) is 8.20. The Bertz CT molecular complexity index is 555. The summed E-state index contributed by atoms with van der Waals surface area (Å²) in [5.41, 5.74) is 5.01. The lowest BCUT2D eigenvalue weighted by molar-refractivity contribution is -0.140. The number of carbonyl (C=O) groups excluding carboxylic acids is 3. The van der Waals surface area contributed by atoms with Gasteiger partial charge in [0, 0.05) is 5.92 Å². The number of rotatable bonds is 6. The van der Waals surface area contributed by atoms with Crippen molar-refractivity contribution in [1.29, 1.82) is 0 Å². The molecule has 1 saturated carbocycles. The van der Waals surface area contributed by atoms with Crippen molar-refractivity contribution in [2.75, 3.05) is 0 Å². The van der Waals surface area contributed by atoms with Gasteiger partial charge in [-0.25, -0.2) is 0 Å². The number of carboxylic acids is 1. The topological polar surface area (TPSA) is 139 Å². The van der Waals surface area contributed by atoms with Crippen molar-refractivity contribution in [3.05, 3.63) is 0 Å². The highest BCUT2D eigenvalue weighted by atomic mass is 16.4. The van der Waals surface area contributed by atoms with Crippen LogP contribution in [0.1, 0.15) is 53.9 Å². The molecule has 5 N–H and O–H groups in total. The Labute approximate surface area is 147 Å². The number of carbonyl (C=O) groups is 4. The second kappa shape index (κ2) is 7.51. The molecule has 1 aliphatic carbocycles. The molecule has 142 valence electrons. The van der Waals surface area contributed by atoms with E-state index in [-0.39, 0.29) is 22.7 Å². The van der Waals surface area contributed by atoms with Crippen LogP contribution in [-0.4, -0.2) is 40.9 Å². The van der Waals surface area contributed by atoms with E-state index in [0.717, 1.165) is 12.8 Å². The van der Waals surface area contributed by atoms with Gasteiger partial charge in [-0.15, -0.1) is 0 Å².